The molecule has 1 N–H and O–H groups in total. The third-order valence-corrected chi connectivity index (χ3v) is 4.30. The smallest absolute Gasteiger partial charge is 0.259 e. The lowest BCUT2D eigenvalue weighted by molar-refractivity contribution is 0.243. The van der Waals surface area contributed by atoms with Crippen LogP contribution in [-0.2, 0) is 19.5 Å². The SMILES string of the molecule is Cc1nc(-c2cc3c([nH]c2=O)CCN(Cc2ccccc2)C3)no1. The molecule has 1 aliphatic rings. The van der Waals surface area contributed by atoms with Crippen LogP contribution in [0.1, 0.15) is 22.7 Å². The average Bonchev–Trinajstić information content (AvgIpc) is 3.02. The Kier molecular flexibility index (Phi) is 3.74. The van der Waals surface area contributed by atoms with Crippen LogP contribution in [0.25, 0.3) is 11.4 Å². The number of nitrogens with one attached hydrogen (secondary N) is 1. The number of rotatable bonds is 3. The highest BCUT2D eigenvalue weighted by molar-refractivity contribution is 5.54. The van der Waals surface area contributed by atoms with Gasteiger partial charge in [-0.05, 0) is 17.2 Å². The van der Waals surface area contributed by atoms with Gasteiger partial charge in [0.05, 0.1) is 5.56 Å². The van der Waals surface area contributed by atoms with Gasteiger partial charge in [0.15, 0.2) is 0 Å². The average molecular weight is 322 g/mol. The normalized spacial score (nSPS) is 14.5. The van der Waals surface area contributed by atoms with Crippen LogP contribution in [0.3, 0.4) is 0 Å². The Balaban J connectivity index is 1.62. The summed E-state index contributed by atoms with van der Waals surface area (Å²) in [7, 11) is 0. The minimum atomic E-state index is -0.161. The van der Waals surface area contributed by atoms with E-state index in [4.69, 9.17) is 4.52 Å². The van der Waals surface area contributed by atoms with Crippen LogP contribution in [-0.4, -0.2) is 26.6 Å². The van der Waals surface area contributed by atoms with Crippen molar-refractivity contribution in [1.29, 1.82) is 0 Å². The minimum absolute atomic E-state index is 0.161. The first-order valence-electron chi connectivity index (χ1n) is 8.01. The van der Waals surface area contributed by atoms with Gasteiger partial charge in [-0.1, -0.05) is 35.5 Å². The molecule has 6 heteroatoms. The standard InChI is InChI=1S/C18H18N4O2/c1-12-19-17(21-24-12)15-9-14-11-22(8-7-16(14)20-18(15)23)10-13-5-3-2-4-6-13/h2-6,9H,7-8,10-11H2,1H3,(H,20,23). The Hall–Kier alpha value is -2.73. The molecule has 1 aliphatic heterocycles. The molecule has 0 saturated carbocycles. The third-order valence-electron chi connectivity index (χ3n) is 4.30. The molecule has 4 rings (SSSR count). The highest BCUT2D eigenvalue weighted by Crippen LogP contribution is 2.21. The topological polar surface area (TPSA) is 75.0 Å². The van der Waals surface area contributed by atoms with Gasteiger partial charge >= 0.3 is 0 Å². The summed E-state index contributed by atoms with van der Waals surface area (Å²) >= 11 is 0. The van der Waals surface area contributed by atoms with E-state index in [1.807, 2.05) is 12.1 Å². The molecule has 0 spiro atoms. The zero-order valence-electron chi connectivity index (χ0n) is 13.5. The van der Waals surface area contributed by atoms with E-state index >= 15 is 0 Å². The van der Waals surface area contributed by atoms with Crippen LogP contribution < -0.4 is 5.56 Å². The molecular formula is C18H18N4O2. The van der Waals surface area contributed by atoms with E-state index in [1.165, 1.54) is 5.56 Å². The number of hydrogen-bond acceptors (Lipinski definition) is 5. The van der Waals surface area contributed by atoms with Crippen LogP contribution in [0.4, 0.5) is 0 Å². The van der Waals surface area contributed by atoms with Gasteiger partial charge < -0.3 is 9.51 Å². The minimum Gasteiger partial charge on any atom is -0.339 e. The van der Waals surface area contributed by atoms with Gasteiger partial charge in [-0.3, -0.25) is 9.69 Å². The Bertz CT molecular complexity index is 914. The van der Waals surface area contributed by atoms with E-state index in [0.29, 0.717) is 17.3 Å². The number of pyridine rings is 1. The zero-order chi connectivity index (χ0) is 16.5. The second-order valence-corrected chi connectivity index (χ2v) is 6.10. The number of fused-ring (bicyclic) bond motifs is 1. The van der Waals surface area contributed by atoms with Crippen molar-refractivity contribution in [2.45, 2.75) is 26.4 Å². The summed E-state index contributed by atoms with van der Waals surface area (Å²) in [5.74, 6) is 0.796. The monoisotopic (exact) mass is 322 g/mol. The first kappa shape index (κ1) is 14.8. The number of nitrogens with zero attached hydrogens (tertiary/aromatic N) is 3. The second-order valence-electron chi connectivity index (χ2n) is 6.10. The van der Waals surface area contributed by atoms with E-state index in [1.54, 1.807) is 6.92 Å². The molecule has 0 radical (unpaired) electrons. The summed E-state index contributed by atoms with van der Waals surface area (Å²) in [6.07, 6.45) is 0.836. The van der Waals surface area contributed by atoms with Crippen molar-refractivity contribution in [3.8, 4) is 11.4 Å². The molecule has 0 amide bonds. The summed E-state index contributed by atoms with van der Waals surface area (Å²) in [5, 5.41) is 3.86. The van der Waals surface area contributed by atoms with Crippen LogP contribution in [0, 0.1) is 6.92 Å². The van der Waals surface area contributed by atoms with Gasteiger partial charge in [0.25, 0.3) is 5.56 Å². The fourth-order valence-electron chi connectivity index (χ4n) is 3.12. The van der Waals surface area contributed by atoms with Crippen LogP contribution in [0.15, 0.2) is 45.7 Å². The summed E-state index contributed by atoms with van der Waals surface area (Å²) < 4.78 is 4.99. The van der Waals surface area contributed by atoms with Crippen molar-refractivity contribution in [3.63, 3.8) is 0 Å². The summed E-state index contributed by atoms with van der Waals surface area (Å²) in [5.41, 5.74) is 3.72. The first-order valence-corrected chi connectivity index (χ1v) is 8.01. The van der Waals surface area contributed by atoms with Crippen molar-refractivity contribution in [2.75, 3.05) is 6.54 Å². The van der Waals surface area contributed by atoms with E-state index in [9.17, 15) is 4.79 Å². The molecule has 0 fully saturated rings. The molecule has 3 aromatic rings. The number of aromatic amines is 1. The molecule has 6 nitrogen and oxygen atoms in total. The van der Waals surface area contributed by atoms with Crippen molar-refractivity contribution in [2.24, 2.45) is 0 Å². The third kappa shape index (κ3) is 2.88. The van der Waals surface area contributed by atoms with Crippen LogP contribution in [0.2, 0.25) is 0 Å². The van der Waals surface area contributed by atoms with E-state index < -0.39 is 0 Å². The molecule has 0 unspecified atom stereocenters. The van der Waals surface area contributed by atoms with Gasteiger partial charge in [-0.15, -0.1) is 0 Å². The first-order chi connectivity index (χ1) is 11.7. The van der Waals surface area contributed by atoms with Gasteiger partial charge in [0.2, 0.25) is 11.7 Å². The maximum Gasteiger partial charge on any atom is 0.259 e. The van der Waals surface area contributed by atoms with Crippen LogP contribution in [0.5, 0.6) is 0 Å². The van der Waals surface area contributed by atoms with E-state index in [-0.39, 0.29) is 5.56 Å². The molecule has 24 heavy (non-hydrogen) atoms. The van der Waals surface area contributed by atoms with E-state index in [2.05, 4.69) is 44.3 Å². The highest BCUT2D eigenvalue weighted by atomic mass is 16.5. The van der Waals surface area contributed by atoms with Gasteiger partial charge in [-0.2, -0.15) is 4.98 Å². The molecule has 1 aromatic carbocycles. The number of aryl methyl sites for hydroxylation is 1. The van der Waals surface area contributed by atoms with Gasteiger partial charge in [0.1, 0.15) is 0 Å². The molecule has 3 heterocycles. The fourth-order valence-corrected chi connectivity index (χ4v) is 3.12. The summed E-state index contributed by atoms with van der Waals surface area (Å²) in [4.78, 5) is 21.8. The van der Waals surface area contributed by atoms with Gasteiger partial charge in [0, 0.05) is 38.7 Å². The predicted octanol–water partition coefficient (Wildman–Crippen LogP) is 2.29. The lowest BCUT2D eigenvalue weighted by Gasteiger charge is -2.28. The zero-order valence-corrected chi connectivity index (χ0v) is 13.5. The van der Waals surface area contributed by atoms with E-state index in [0.717, 1.165) is 37.3 Å². The van der Waals surface area contributed by atoms with Crippen LogP contribution >= 0.6 is 0 Å². The molecule has 2 aromatic heterocycles. The largest absolute Gasteiger partial charge is 0.339 e. The Morgan fingerprint density at radius 3 is 2.88 bits per heavy atom. The lowest BCUT2D eigenvalue weighted by Crippen LogP contribution is -2.32. The van der Waals surface area contributed by atoms with Crippen molar-refractivity contribution < 1.29 is 4.52 Å². The number of hydrogen-bond donors (Lipinski definition) is 1. The maximum absolute atomic E-state index is 12.3. The number of H-pyrrole nitrogens is 1. The molecule has 122 valence electrons. The highest BCUT2D eigenvalue weighted by Gasteiger charge is 2.20. The lowest BCUT2D eigenvalue weighted by atomic mass is 10.0. The number of aromatic nitrogens is 3. The Labute approximate surface area is 139 Å². The molecule has 0 bridgehead atoms. The van der Waals surface area contributed by atoms with Crippen molar-refractivity contribution >= 4 is 0 Å². The Morgan fingerprint density at radius 1 is 1.29 bits per heavy atom. The quantitative estimate of drug-likeness (QED) is 0.801. The van der Waals surface area contributed by atoms with Crippen molar-refractivity contribution in [3.05, 3.63) is 69.5 Å². The molecule has 0 saturated heterocycles. The van der Waals surface area contributed by atoms with Gasteiger partial charge in [-0.25, -0.2) is 0 Å². The maximum atomic E-state index is 12.3. The molecule has 0 aliphatic carbocycles. The fraction of sp³-hybridized carbons (Fsp3) is 0.278. The number of benzene rings is 1. The van der Waals surface area contributed by atoms with Crippen molar-refractivity contribution in [1.82, 2.24) is 20.0 Å². The molecular weight excluding hydrogens is 304 g/mol. The predicted molar refractivity (Wildman–Crippen MR) is 89.4 cm³/mol. The molecule has 0 atom stereocenters. The Morgan fingerprint density at radius 2 is 2.12 bits per heavy atom. The second kappa shape index (κ2) is 6.05. The summed E-state index contributed by atoms with van der Waals surface area (Å²) in [6.45, 7) is 4.34. The summed E-state index contributed by atoms with van der Waals surface area (Å²) in [6, 6.07) is 12.3.